The number of nitrogens with two attached hydrogens (primary N) is 1. The number of nitrogens with one attached hydrogen (secondary N) is 1. The molecule has 21 heavy (non-hydrogen) atoms. The Labute approximate surface area is 126 Å². The third kappa shape index (κ3) is 2.93. The second kappa shape index (κ2) is 6.02. The second-order valence-corrected chi connectivity index (χ2v) is 5.41. The summed E-state index contributed by atoms with van der Waals surface area (Å²) in [5.41, 5.74) is 6.16. The van der Waals surface area contributed by atoms with Crippen LogP contribution in [0.5, 0.6) is 5.88 Å². The number of para-hydroxylation sites is 1. The van der Waals surface area contributed by atoms with E-state index < -0.39 is 0 Å². The van der Waals surface area contributed by atoms with Crippen molar-refractivity contribution in [3.05, 3.63) is 40.3 Å². The Hall–Kier alpha value is -2.25. The monoisotopic (exact) mass is 301 g/mol. The van der Waals surface area contributed by atoms with E-state index in [0.717, 1.165) is 23.0 Å². The van der Waals surface area contributed by atoms with Crippen molar-refractivity contribution in [1.29, 1.82) is 0 Å². The second-order valence-electron chi connectivity index (χ2n) is 4.47. The lowest BCUT2D eigenvalue weighted by Gasteiger charge is -2.09. The molecule has 0 unspecified atom stereocenters. The SMILES string of the molecule is Cc1ncsc1CCOc1nc(NN)nc2ccccc12. The summed E-state index contributed by atoms with van der Waals surface area (Å²) in [6, 6.07) is 7.68. The Balaban J connectivity index is 1.81. The molecule has 0 fully saturated rings. The van der Waals surface area contributed by atoms with Gasteiger partial charge >= 0.3 is 0 Å². The summed E-state index contributed by atoms with van der Waals surface area (Å²) < 4.78 is 5.82. The van der Waals surface area contributed by atoms with Crippen LogP contribution in [-0.2, 0) is 6.42 Å². The first-order valence-electron chi connectivity index (χ1n) is 6.53. The smallest absolute Gasteiger partial charge is 0.241 e. The fourth-order valence-electron chi connectivity index (χ4n) is 2.03. The lowest BCUT2D eigenvalue weighted by atomic mass is 10.2. The maximum absolute atomic E-state index is 5.82. The first-order valence-corrected chi connectivity index (χ1v) is 7.41. The Kier molecular flexibility index (Phi) is 3.94. The molecule has 0 atom stereocenters. The minimum atomic E-state index is 0.345. The van der Waals surface area contributed by atoms with Crippen molar-refractivity contribution in [2.45, 2.75) is 13.3 Å². The van der Waals surface area contributed by atoms with E-state index in [2.05, 4.69) is 20.4 Å². The molecule has 3 N–H and O–H groups in total. The number of benzene rings is 1. The minimum Gasteiger partial charge on any atom is -0.477 e. The van der Waals surface area contributed by atoms with Gasteiger partial charge < -0.3 is 4.74 Å². The summed E-state index contributed by atoms with van der Waals surface area (Å²) in [7, 11) is 0. The molecule has 0 radical (unpaired) electrons. The molecule has 0 saturated heterocycles. The number of anilines is 1. The number of aryl methyl sites for hydroxylation is 1. The van der Waals surface area contributed by atoms with Crippen LogP contribution in [0.15, 0.2) is 29.8 Å². The molecule has 0 amide bonds. The minimum absolute atomic E-state index is 0.345. The summed E-state index contributed by atoms with van der Waals surface area (Å²) in [6.45, 7) is 2.54. The topological polar surface area (TPSA) is 86.0 Å². The molecule has 6 nitrogen and oxygen atoms in total. The van der Waals surface area contributed by atoms with Gasteiger partial charge in [-0.2, -0.15) is 4.98 Å². The molecule has 0 spiro atoms. The molecule has 108 valence electrons. The summed E-state index contributed by atoms with van der Waals surface area (Å²) in [6.07, 6.45) is 0.806. The fourth-order valence-corrected chi connectivity index (χ4v) is 2.79. The number of hydrogen-bond acceptors (Lipinski definition) is 7. The summed E-state index contributed by atoms with van der Waals surface area (Å²) in [5, 5.41) is 0.873. The third-order valence-corrected chi connectivity index (χ3v) is 4.10. The molecule has 0 saturated carbocycles. The van der Waals surface area contributed by atoms with E-state index in [9.17, 15) is 0 Å². The number of thiazole rings is 1. The van der Waals surface area contributed by atoms with Crippen LogP contribution in [0.25, 0.3) is 10.9 Å². The predicted octanol–water partition coefficient (Wildman–Crippen LogP) is 2.30. The van der Waals surface area contributed by atoms with Crippen LogP contribution >= 0.6 is 11.3 Å². The number of aromatic nitrogens is 3. The summed E-state index contributed by atoms with van der Waals surface area (Å²) in [4.78, 5) is 14.0. The van der Waals surface area contributed by atoms with Crippen LogP contribution in [0.1, 0.15) is 10.6 Å². The van der Waals surface area contributed by atoms with Crippen molar-refractivity contribution >= 4 is 28.2 Å². The van der Waals surface area contributed by atoms with E-state index >= 15 is 0 Å². The van der Waals surface area contributed by atoms with Crippen molar-refractivity contribution in [2.24, 2.45) is 5.84 Å². The van der Waals surface area contributed by atoms with E-state index in [-0.39, 0.29) is 0 Å². The van der Waals surface area contributed by atoms with Gasteiger partial charge in [-0.3, -0.25) is 5.43 Å². The molecule has 0 aliphatic heterocycles. The van der Waals surface area contributed by atoms with Gasteiger partial charge in [-0.15, -0.1) is 11.3 Å². The van der Waals surface area contributed by atoms with E-state index in [1.165, 1.54) is 4.88 Å². The maximum Gasteiger partial charge on any atom is 0.241 e. The number of nitrogen functional groups attached to an aromatic ring is 1. The molecule has 3 aromatic rings. The van der Waals surface area contributed by atoms with Crippen LogP contribution in [0.3, 0.4) is 0 Å². The molecule has 7 heteroatoms. The van der Waals surface area contributed by atoms with E-state index in [1.54, 1.807) is 11.3 Å². The predicted molar refractivity (Wildman–Crippen MR) is 83.4 cm³/mol. The van der Waals surface area contributed by atoms with Crippen LogP contribution in [0.4, 0.5) is 5.95 Å². The number of hydrazine groups is 1. The molecule has 0 aliphatic rings. The maximum atomic E-state index is 5.82. The molecule has 1 aromatic carbocycles. The van der Waals surface area contributed by atoms with E-state index in [4.69, 9.17) is 10.6 Å². The zero-order chi connectivity index (χ0) is 14.7. The highest BCUT2D eigenvalue weighted by Gasteiger charge is 2.09. The van der Waals surface area contributed by atoms with Gasteiger partial charge in [0.25, 0.3) is 0 Å². The number of fused-ring (bicyclic) bond motifs is 1. The highest BCUT2D eigenvalue weighted by molar-refractivity contribution is 7.09. The lowest BCUT2D eigenvalue weighted by molar-refractivity contribution is 0.314. The van der Waals surface area contributed by atoms with Crippen molar-refractivity contribution in [3.63, 3.8) is 0 Å². The highest BCUT2D eigenvalue weighted by atomic mass is 32.1. The Morgan fingerprint density at radius 2 is 2.14 bits per heavy atom. The number of nitrogens with zero attached hydrogens (tertiary/aromatic N) is 3. The van der Waals surface area contributed by atoms with Crippen molar-refractivity contribution in [2.75, 3.05) is 12.0 Å². The molecule has 2 aromatic heterocycles. The van der Waals surface area contributed by atoms with Gasteiger partial charge in [-0.25, -0.2) is 15.8 Å². The third-order valence-electron chi connectivity index (χ3n) is 3.11. The number of rotatable bonds is 5. The zero-order valence-electron chi connectivity index (χ0n) is 11.5. The van der Waals surface area contributed by atoms with Crippen molar-refractivity contribution in [3.8, 4) is 5.88 Å². The molecular formula is C14H15N5OS. The van der Waals surface area contributed by atoms with Gasteiger partial charge in [-0.05, 0) is 19.1 Å². The Morgan fingerprint density at radius 1 is 1.29 bits per heavy atom. The van der Waals surface area contributed by atoms with Gasteiger partial charge in [0.05, 0.1) is 28.7 Å². The largest absolute Gasteiger partial charge is 0.477 e. The summed E-state index contributed by atoms with van der Waals surface area (Å²) in [5.74, 6) is 6.28. The first-order chi connectivity index (χ1) is 10.3. The lowest BCUT2D eigenvalue weighted by Crippen LogP contribution is -2.12. The molecular weight excluding hydrogens is 286 g/mol. The van der Waals surface area contributed by atoms with Crippen LogP contribution in [0.2, 0.25) is 0 Å². The van der Waals surface area contributed by atoms with Crippen LogP contribution in [0, 0.1) is 6.92 Å². The first kappa shape index (κ1) is 13.7. The Morgan fingerprint density at radius 3 is 2.90 bits per heavy atom. The molecule has 0 aliphatic carbocycles. The highest BCUT2D eigenvalue weighted by Crippen LogP contribution is 2.24. The van der Waals surface area contributed by atoms with Crippen molar-refractivity contribution < 1.29 is 4.74 Å². The van der Waals surface area contributed by atoms with Gasteiger partial charge in [0.2, 0.25) is 11.8 Å². The average Bonchev–Trinajstić information content (AvgIpc) is 2.92. The fraction of sp³-hybridized carbons (Fsp3) is 0.214. The zero-order valence-corrected chi connectivity index (χ0v) is 12.4. The van der Waals surface area contributed by atoms with Gasteiger partial charge in [0, 0.05) is 11.3 Å². The molecule has 0 bridgehead atoms. The standard InChI is InChI=1S/C14H15N5OS/c1-9-12(21-8-16-9)6-7-20-13-10-4-2-3-5-11(10)17-14(18-13)19-15/h2-5,8H,6-7,15H2,1H3,(H,17,18,19). The van der Waals surface area contributed by atoms with E-state index in [1.807, 2.05) is 36.7 Å². The number of hydrogen-bond donors (Lipinski definition) is 2. The normalized spacial score (nSPS) is 10.8. The summed E-state index contributed by atoms with van der Waals surface area (Å²) >= 11 is 1.64. The average molecular weight is 301 g/mol. The number of ether oxygens (including phenoxy) is 1. The van der Waals surface area contributed by atoms with Crippen LogP contribution in [-0.4, -0.2) is 21.6 Å². The quantitative estimate of drug-likeness (QED) is 0.555. The van der Waals surface area contributed by atoms with Gasteiger partial charge in [0.1, 0.15) is 0 Å². The van der Waals surface area contributed by atoms with Crippen molar-refractivity contribution in [1.82, 2.24) is 15.0 Å². The molecule has 3 rings (SSSR count). The Bertz CT molecular complexity index is 758. The van der Waals surface area contributed by atoms with Crippen LogP contribution < -0.4 is 16.0 Å². The van der Waals surface area contributed by atoms with Gasteiger partial charge in [0.15, 0.2) is 0 Å². The van der Waals surface area contributed by atoms with E-state index in [0.29, 0.717) is 18.4 Å². The van der Waals surface area contributed by atoms with Gasteiger partial charge in [-0.1, -0.05) is 12.1 Å². The molecule has 2 heterocycles.